The van der Waals surface area contributed by atoms with Crippen LogP contribution in [0.25, 0.3) is 0 Å². The molecule has 0 rings (SSSR count). The normalized spacial score (nSPS) is 15.7. The van der Waals surface area contributed by atoms with E-state index in [4.69, 9.17) is 16.6 Å². The lowest BCUT2D eigenvalue weighted by Gasteiger charge is -2.24. The zero-order chi connectivity index (χ0) is 18.9. The molecule has 0 aliphatic rings. The van der Waals surface area contributed by atoms with Gasteiger partial charge in [-0.2, -0.15) is 0 Å². The maximum atomic E-state index is 12.1. The van der Waals surface area contributed by atoms with Crippen molar-refractivity contribution in [3.05, 3.63) is 0 Å². The van der Waals surface area contributed by atoms with E-state index < -0.39 is 48.4 Å². The van der Waals surface area contributed by atoms with Crippen molar-refractivity contribution in [2.75, 3.05) is 6.61 Å². The van der Waals surface area contributed by atoms with Crippen molar-refractivity contribution in [1.82, 2.24) is 10.6 Å². The van der Waals surface area contributed by atoms with Crippen molar-refractivity contribution in [3.8, 4) is 0 Å². The number of nitrogens with two attached hydrogens (primary N) is 2. The largest absolute Gasteiger partial charge is 0.480 e. The number of aliphatic hydroxyl groups is 1. The smallest absolute Gasteiger partial charge is 0.326 e. The number of hydrogen-bond donors (Lipinski definition) is 6. The summed E-state index contributed by atoms with van der Waals surface area (Å²) in [6.45, 7) is 2.70. The van der Waals surface area contributed by atoms with Gasteiger partial charge in [0.1, 0.15) is 12.1 Å². The number of carboxylic acids is 1. The van der Waals surface area contributed by atoms with Gasteiger partial charge in [-0.05, 0) is 12.3 Å². The fraction of sp³-hybridized carbons (Fsp3) is 0.714. The molecule has 0 bridgehead atoms. The van der Waals surface area contributed by atoms with E-state index in [-0.39, 0.29) is 18.8 Å². The highest BCUT2D eigenvalue weighted by Crippen LogP contribution is 2.08. The third-order valence-electron chi connectivity index (χ3n) is 3.63. The molecule has 0 fully saturated rings. The molecule has 0 aliphatic heterocycles. The summed E-state index contributed by atoms with van der Waals surface area (Å²) in [6, 6.07) is -3.57. The van der Waals surface area contributed by atoms with Crippen LogP contribution in [0.1, 0.15) is 33.1 Å². The third-order valence-corrected chi connectivity index (χ3v) is 3.63. The summed E-state index contributed by atoms with van der Waals surface area (Å²) in [4.78, 5) is 45.8. The van der Waals surface area contributed by atoms with Gasteiger partial charge in [0.05, 0.1) is 12.6 Å². The Morgan fingerprint density at radius 1 is 1.12 bits per heavy atom. The van der Waals surface area contributed by atoms with Gasteiger partial charge >= 0.3 is 5.97 Å². The Morgan fingerprint density at radius 3 is 2.12 bits per heavy atom. The number of rotatable bonds is 11. The van der Waals surface area contributed by atoms with E-state index >= 15 is 0 Å². The number of hydrogen-bond acceptors (Lipinski definition) is 6. The average Bonchev–Trinajstić information content (AvgIpc) is 2.53. The minimum atomic E-state index is -1.34. The van der Waals surface area contributed by atoms with Crippen LogP contribution in [0.5, 0.6) is 0 Å². The molecule has 8 N–H and O–H groups in total. The van der Waals surface area contributed by atoms with Crippen molar-refractivity contribution in [1.29, 1.82) is 0 Å². The van der Waals surface area contributed by atoms with Gasteiger partial charge in [0, 0.05) is 6.42 Å². The molecule has 0 aliphatic carbocycles. The number of amides is 3. The zero-order valence-electron chi connectivity index (χ0n) is 13.8. The van der Waals surface area contributed by atoms with Gasteiger partial charge in [-0.15, -0.1) is 0 Å². The first-order valence-corrected chi connectivity index (χ1v) is 7.62. The van der Waals surface area contributed by atoms with Crippen LogP contribution in [0.4, 0.5) is 0 Å². The summed E-state index contributed by atoms with van der Waals surface area (Å²) in [5.41, 5.74) is 10.5. The van der Waals surface area contributed by atoms with E-state index in [1.807, 2.05) is 0 Å². The van der Waals surface area contributed by atoms with Gasteiger partial charge < -0.3 is 32.3 Å². The molecule has 3 amide bonds. The molecule has 24 heavy (non-hydrogen) atoms. The highest BCUT2D eigenvalue weighted by molar-refractivity contribution is 5.92. The van der Waals surface area contributed by atoms with E-state index in [0.717, 1.165) is 0 Å². The van der Waals surface area contributed by atoms with Gasteiger partial charge in [-0.3, -0.25) is 14.4 Å². The van der Waals surface area contributed by atoms with Gasteiger partial charge in [0.2, 0.25) is 17.7 Å². The van der Waals surface area contributed by atoms with Crippen LogP contribution >= 0.6 is 0 Å². The van der Waals surface area contributed by atoms with Crippen LogP contribution in [-0.2, 0) is 19.2 Å². The standard InChI is InChI=1S/C14H26N4O6/c1-3-7(2)11(14(23)24)18-13(22)9(6-19)17-12(21)8(15)4-5-10(16)20/h7-9,11,19H,3-6,15H2,1-2H3,(H2,16,20)(H,17,21)(H,18,22)(H,23,24). The molecule has 4 atom stereocenters. The first kappa shape index (κ1) is 21.8. The van der Waals surface area contributed by atoms with Crippen molar-refractivity contribution in [2.45, 2.75) is 51.2 Å². The molecule has 0 saturated heterocycles. The second-order valence-electron chi connectivity index (χ2n) is 5.57. The Morgan fingerprint density at radius 2 is 1.71 bits per heavy atom. The zero-order valence-corrected chi connectivity index (χ0v) is 13.8. The van der Waals surface area contributed by atoms with Crippen molar-refractivity contribution >= 4 is 23.7 Å². The topological polar surface area (TPSA) is 185 Å². The molecule has 0 aromatic carbocycles. The molecular formula is C14H26N4O6. The highest BCUT2D eigenvalue weighted by Gasteiger charge is 2.30. The summed E-state index contributed by atoms with van der Waals surface area (Å²) in [5, 5.41) is 22.9. The van der Waals surface area contributed by atoms with Crippen molar-refractivity contribution < 1.29 is 29.4 Å². The number of carbonyl (C=O) groups is 4. The minimum absolute atomic E-state index is 0.00838. The molecule has 0 spiro atoms. The molecule has 0 aromatic rings. The lowest BCUT2D eigenvalue weighted by atomic mass is 9.99. The van der Waals surface area contributed by atoms with Crippen molar-refractivity contribution in [3.63, 3.8) is 0 Å². The molecule has 0 heterocycles. The fourth-order valence-corrected chi connectivity index (χ4v) is 1.84. The first-order valence-electron chi connectivity index (χ1n) is 7.62. The Bertz CT molecular complexity index is 470. The number of primary amides is 1. The predicted octanol–water partition coefficient (Wildman–Crippen LogP) is -2.33. The highest BCUT2D eigenvalue weighted by atomic mass is 16.4. The Hall–Kier alpha value is -2.20. The molecule has 10 heteroatoms. The predicted molar refractivity (Wildman–Crippen MR) is 84.4 cm³/mol. The number of nitrogens with one attached hydrogen (secondary N) is 2. The number of aliphatic carboxylic acids is 1. The minimum Gasteiger partial charge on any atom is -0.480 e. The van der Waals surface area contributed by atoms with Gasteiger partial charge in [-0.25, -0.2) is 4.79 Å². The molecule has 138 valence electrons. The average molecular weight is 346 g/mol. The maximum absolute atomic E-state index is 12.1. The van der Waals surface area contributed by atoms with Crippen LogP contribution < -0.4 is 22.1 Å². The van der Waals surface area contributed by atoms with Crippen LogP contribution in [0.15, 0.2) is 0 Å². The second kappa shape index (κ2) is 10.6. The molecule has 0 saturated carbocycles. The Balaban J connectivity index is 4.76. The molecular weight excluding hydrogens is 320 g/mol. The summed E-state index contributed by atoms with van der Waals surface area (Å²) in [7, 11) is 0. The lowest BCUT2D eigenvalue weighted by Crippen LogP contribution is -2.56. The van der Waals surface area contributed by atoms with Gasteiger partial charge in [0.15, 0.2) is 0 Å². The molecule has 0 aromatic heterocycles. The molecule has 10 nitrogen and oxygen atoms in total. The SMILES string of the molecule is CCC(C)C(NC(=O)C(CO)NC(=O)C(N)CCC(N)=O)C(=O)O. The fourth-order valence-electron chi connectivity index (χ4n) is 1.84. The lowest BCUT2D eigenvalue weighted by molar-refractivity contribution is -0.144. The van der Waals surface area contributed by atoms with Crippen LogP contribution in [-0.4, -0.2) is 58.6 Å². The van der Waals surface area contributed by atoms with Crippen LogP contribution in [0, 0.1) is 5.92 Å². The monoisotopic (exact) mass is 346 g/mol. The first-order chi connectivity index (χ1) is 11.1. The second-order valence-corrected chi connectivity index (χ2v) is 5.57. The Labute approximate surface area is 139 Å². The number of carboxylic acid groups (broad SMARTS) is 1. The quantitative estimate of drug-likeness (QED) is 0.242. The van der Waals surface area contributed by atoms with Gasteiger partial charge in [-0.1, -0.05) is 20.3 Å². The third kappa shape index (κ3) is 7.38. The van der Waals surface area contributed by atoms with Gasteiger partial charge in [0.25, 0.3) is 0 Å². The number of aliphatic hydroxyl groups excluding tert-OH is 1. The van der Waals surface area contributed by atoms with E-state index in [2.05, 4.69) is 10.6 Å². The maximum Gasteiger partial charge on any atom is 0.326 e. The summed E-state index contributed by atoms with van der Waals surface area (Å²) in [5.74, 6) is -3.74. The summed E-state index contributed by atoms with van der Waals surface area (Å²) in [6.07, 6.45) is 0.413. The van der Waals surface area contributed by atoms with E-state index in [1.165, 1.54) is 0 Å². The van der Waals surface area contributed by atoms with Crippen LogP contribution in [0.2, 0.25) is 0 Å². The number of carbonyl (C=O) groups excluding carboxylic acids is 3. The summed E-state index contributed by atoms with van der Waals surface area (Å²) < 4.78 is 0. The Kier molecular flexibility index (Phi) is 9.58. The molecule has 4 unspecified atom stereocenters. The summed E-state index contributed by atoms with van der Waals surface area (Å²) >= 11 is 0. The molecule has 0 radical (unpaired) electrons. The van der Waals surface area contributed by atoms with E-state index in [1.54, 1.807) is 13.8 Å². The van der Waals surface area contributed by atoms with Crippen LogP contribution in [0.3, 0.4) is 0 Å². The van der Waals surface area contributed by atoms with Crippen molar-refractivity contribution in [2.24, 2.45) is 17.4 Å². The van der Waals surface area contributed by atoms with E-state index in [0.29, 0.717) is 6.42 Å². The van der Waals surface area contributed by atoms with E-state index in [9.17, 15) is 24.3 Å².